The second-order valence-corrected chi connectivity index (χ2v) is 5.65. The fourth-order valence-electron chi connectivity index (χ4n) is 2.30. The van der Waals surface area contributed by atoms with Gasteiger partial charge in [-0.25, -0.2) is 4.98 Å². The third-order valence-electron chi connectivity index (χ3n) is 3.23. The molecule has 0 saturated carbocycles. The van der Waals surface area contributed by atoms with Crippen molar-refractivity contribution >= 4 is 33.3 Å². The Balaban J connectivity index is 1.82. The molecule has 2 heterocycles. The lowest BCUT2D eigenvalue weighted by Crippen LogP contribution is -2.14. The van der Waals surface area contributed by atoms with E-state index < -0.39 is 0 Å². The smallest absolute Gasteiger partial charge is 0.230 e. The van der Waals surface area contributed by atoms with Crippen molar-refractivity contribution in [2.45, 2.75) is 20.3 Å². The number of carbonyl (C=O) groups excluding carboxylic acids is 1. The highest BCUT2D eigenvalue weighted by Crippen LogP contribution is 2.23. The van der Waals surface area contributed by atoms with Crippen molar-refractivity contribution in [3.63, 3.8) is 0 Å². The van der Waals surface area contributed by atoms with Crippen LogP contribution in [-0.2, 0) is 11.2 Å². The zero-order valence-corrected chi connectivity index (χ0v) is 12.2. The van der Waals surface area contributed by atoms with E-state index >= 15 is 0 Å². The Labute approximate surface area is 120 Å². The maximum atomic E-state index is 12.1. The summed E-state index contributed by atoms with van der Waals surface area (Å²) in [5, 5.41) is 6.54. The average Bonchev–Trinajstić information content (AvgIpc) is 2.94. The molecule has 0 atom stereocenters. The van der Waals surface area contributed by atoms with Gasteiger partial charge in [0.15, 0.2) is 5.13 Å². The Hall–Kier alpha value is -2.14. The number of aromatic nitrogens is 2. The molecular weight excluding hydrogens is 270 g/mol. The van der Waals surface area contributed by atoms with Gasteiger partial charge in [-0.3, -0.25) is 4.79 Å². The Morgan fingerprint density at radius 2 is 2.15 bits per heavy atom. The number of thiazole rings is 1. The Morgan fingerprint density at radius 1 is 1.35 bits per heavy atom. The molecule has 1 aromatic carbocycles. The SMILES string of the molecule is Cc1csc(NC(=O)Cc2c(C)[nH]c3ccccc23)n1. The number of rotatable bonds is 3. The number of nitrogens with zero attached hydrogens (tertiary/aromatic N) is 1. The summed E-state index contributed by atoms with van der Waals surface area (Å²) in [4.78, 5) is 19.7. The van der Waals surface area contributed by atoms with Crippen molar-refractivity contribution in [1.29, 1.82) is 0 Å². The average molecular weight is 285 g/mol. The van der Waals surface area contributed by atoms with Gasteiger partial charge in [-0.15, -0.1) is 11.3 Å². The topological polar surface area (TPSA) is 57.8 Å². The molecule has 1 amide bonds. The number of fused-ring (bicyclic) bond motifs is 1. The van der Waals surface area contributed by atoms with Crippen LogP contribution >= 0.6 is 11.3 Å². The fourth-order valence-corrected chi connectivity index (χ4v) is 3.00. The van der Waals surface area contributed by atoms with Crippen molar-refractivity contribution in [2.75, 3.05) is 5.32 Å². The number of benzene rings is 1. The zero-order chi connectivity index (χ0) is 14.1. The van der Waals surface area contributed by atoms with E-state index in [0.29, 0.717) is 11.6 Å². The van der Waals surface area contributed by atoms with E-state index in [1.807, 2.05) is 43.5 Å². The Kier molecular flexibility index (Phi) is 3.28. The summed E-state index contributed by atoms with van der Waals surface area (Å²) >= 11 is 1.45. The van der Waals surface area contributed by atoms with E-state index in [4.69, 9.17) is 0 Å². The largest absolute Gasteiger partial charge is 0.358 e. The van der Waals surface area contributed by atoms with Crippen LogP contribution in [0.2, 0.25) is 0 Å². The standard InChI is InChI=1S/C15H15N3OS/c1-9-8-20-15(16-9)18-14(19)7-12-10(2)17-13-6-4-3-5-11(12)13/h3-6,8,17H,7H2,1-2H3,(H,16,18,19). The van der Waals surface area contributed by atoms with Crippen LogP contribution in [0.25, 0.3) is 10.9 Å². The number of nitrogens with one attached hydrogen (secondary N) is 2. The Morgan fingerprint density at radius 3 is 2.90 bits per heavy atom. The molecule has 0 aliphatic rings. The molecule has 0 radical (unpaired) electrons. The summed E-state index contributed by atoms with van der Waals surface area (Å²) in [6.07, 6.45) is 0.356. The number of hydrogen-bond donors (Lipinski definition) is 2. The highest BCUT2D eigenvalue weighted by Gasteiger charge is 2.13. The molecule has 2 N–H and O–H groups in total. The van der Waals surface area contributed by atoms with E-state index in [2.05, 4.69) is 15.3 Å². The van der Waals surface area contributed by atoms with Gasteiger partial charge in [-0.05, 0) is 25.5 Å². The third-order valence-corrected chi connectivity index (χ3v) is 4.11. The van der Waals surface area contributed by atoms with Crippen LogP contribution in [0.3, 0.4) is 0 Å². The summed E-state index contributed by atoms with van der Waals surface area (Å²) in [5.74, 6) is -0.0350. The van der Waals surface area contributed by atoms with Crippen molar-refractivity contribution in [2.24, 2.45) is 0 Å². The fraction of sp³-hybridized carbons (Fsp3) is 0.200. The van der Waals surface area contributed by atoms with Crippen LogP contribution in [-0.4, -0.2) is 15.9 Å². The second-order valence-electron chi connectivity index (χ2n) is 4.79. The first-order chi connectivity index (χ1) is 9.63. The van der Waals surface area contributed by atoms with E-state index in [0.717, 1.165) is 27.9 Å². The normalized spacial score (nSPS) is 10.9. The van der Waals surface area contributed by atoms with Gasteiger partial charge in [0.1, 0.15) is 0 Å². The minimum Gasteiger partial charge on any atom is -0.358 e. The van der Waals surface area contributed by atoms with Crippen LogP contribution in [0.15, 0.2) is 29.6 Å². The van der Waals surface area contributed by atoms with Gasteiger partial charge in [-0.2, -0.15) is 0 Å². The monoisotopic (exact) mass is 285 g/mol. The van der Waals surface area contributed by atoms with Gasteiger partial charge in [0.2, 0.25) is 5.91 Å². The summed E-state index contributed by atoms with van der Waals surface area (Å²) in [6, 6.07) is 8.03. The molecule has 102 valence electrons. The lowest BCUT2D eigenvalue weighted by molar-refractivity contribution is -0.115. The van der Waals surface area contributed by atoms with Crippen LogP contribution in [0.5, 0.6) is 0 Å². The van der Waals surface area contributed by atoms with E-state index in [1.165, 1.54) is 11.3 Å². The molecule has 4 nitrogen and oxygen atoms in total. The van der Waals surface area contributed by atoms with Crippen molar-refractivity contribution in [3.8, 4) is 0 Å². The van der Waals surface area contributed by atoms with Crippen LogP contribution in [0.4, 0.5) is 5.13 Å². The van der Waals surface area contributed by atoms with Gasteiger partial charge in [0, 0.05) is 22.0 Å². The number of aromatic amines is 1. The molecule has 0 bridgehead atoms. The van der Waals surface area contributed by atoms with Crippen molar-refractivity contribution < 1.29 is 4.79 Å². The van der Waals surface area contributed by atoms with Gasteiger partial charge in [-0.1, -0.05) is 18.2 Å². The predicted octanol–water partition coefficient (Wildman–Crippen LogP) is 3.42. The number of carbonyl (C=O) groups is 1. The summed E-state index contributed by atoms with van der Waals surface area (Å²) in [7, 11) is 0. The molecule has 0 aliphatic carbocycles. The molecule has 0 aliphatic heterocycles. The van der Waals surface area contributed by atoms with Gasteiger partial charge >= 0.3 is 0 Å². The van der Waals surface area contributed by atoms with E-state index in [1.54, 1.807) is 0 Å². The first kappa shape index (κ1) is 12.9. The van der Waals surface area contributed by atoms with Crippen LogP contribution in [0.1, 0.15) is 17.0 Å². The maximum Gasteiger partial charge on any atom is 0.230 e. The predicted molar refractivity (Wildman–Crippen MR) is 82.2 cm³/mol. The lowest BCUT2D eigenvalue weighted by atomic mass is 10.1. The lowest BCUT2D eigenvalue weighted by Gasteiger charge is -2.02. The van der Waals surface area contributed by atoms with E-state index in [-0.39, 0.29) is 5.91 Å². The zero-order valence-electron chi connectivity index (χ0n) is 11.4. The minimum absolute atomic E-state index is 0.0350. The molecule has 0 fully saturated rings. The number of amides is 1. The highest BCUT2D eigenvalue weighted by atomic mass is 32.1. The molecule has 0 spiro atoms. The molecule has 2 aromatic heterocycles. The quantitative estimate of drug-likeness (QED) is 0.774. The minimum atomic E-state index is -0.0350. The number of hydrogen-bond acceptors (Lipinski definition) is 3. The summed E-state index contributed by atoms with van der Waals surface area (Å²) in [6.45, 7) is 3.91. The van der Waals surface area contributed by atoms with E-state index in [9.17, 15) is 4.79 Å². The second kappa shape index (κ2) is 5.09. The number of anilines is 1. The molecular formula is C15H15N3OS. The van der Waals surface area contributed by atoms with Gasteiger partial charge < -0.3 is 10.3 Å². The van der Waals surface area contributed by atoms with Crippen molar-refractivity contribution in [3.05, 3.63) is 46.6 Å². The highest BCUT2D eigenvalue weighted by molar-refractivity contribution is 7.13. The summed E-state index contributed by atoms with van der Waals surface area (Å²) < 4.78 is 0. The molecule has 0 unspecified atom stereocenters. The summed E-state index contributed by atoms with van der Waals surface area (Å²) in [5.41, 5.74) is 4.08. The number of para-hydroxylation sites is 1. The maximum absolute atomic E-state index is 12.1. The third kappa shape index (κ3) is 2.44. The Bertz CT molecular complexity index is 772. The number of aryl methyl sites for hydroxylation is 2. The first-order valence-corrected chi connectivity index (χ1v) is 7.29. The first-order valence-electron chi connectivity index (χ1n) is 6.41. The van der Waals surface area contributed by atoms with Crippen molar-refractivity contribution in [1.82, 2.24) is 9.97 Å². The van der Waals surface area contributed by atoms with Gasteiger partial charge in [0.05, 0.1) is 12.1 Å². The van der Waals surface area contributed by atoms with Crippen LogP contribution < -0.4 is 5.32 Å². The molecule has 3 rings (SSSR count). The number of H-pyrrole nitrogens is 1. The molecule has 20 heavy (non-hydrogen) atoms. The molecule has 0 saturated heterocycles. The molecule has 5 heteroatoms. The van der Waals surface area contributed by atoms with Crippen LogP contribution in [0, 0.1) is 13.8 Å². The molecule has 3 aromatic rings. The van der Waals surface area contributed by atoms with Gasteiger partial charge in [0.25, 0.3) is 0 Å².